The minimum absolute atomic E-state index is 0.0354. The summed E-state index contributed by atoms with van der Waals surface area (Å²) in [5.74, 6) is -0.405. The van der Waals surface area contributed by atoms with Crippen LogP contribution in [0.5, 0.6) is 0 Å². The standard InChI is InChI=1S/C11H14FNO2/c12-10-3-1-2-9(6-10)7-11(14)8-15-5-4-13/h1-3,6H,4-5,7-8,13H2. The summed E-state index contributed by atoms with van der Waals surface area (Å²) in [5, 5.41) is 0. The Morgan fingerprint density at radius 1 is 1.47 bits per heavy atom. The number of carbonyl (C=O) groups is 1. The van der Waals surface area contributed by atoms with Crippen LogP contribution >= 0.6 is 0 Å². The average Bonchev–Trinajstić information content (AvgIpc) is 2.18. The van der Waals surface area contributed by atoms with Gasteiger partial charge in [0.2, 0.25) is 0 Å². The van der Waals surface area contributed by atoms with Gasteiger partial charge < -0.3 is 10.5 Å². The molecule has 0 fully saturated rings. The highest BCUT2D eigenvalue weighted by molar-refractivity contribution is 5.82. The van der Waals surface area contributed by atoms with Crippen LogP contribution in [0.2, 0.25) is 0 Å². The third-order valence-electron chi connectivity index (χ3n) is 1.82. The van der Waals surface area contributed by atoms with Crippen LogP contribution in [0.25, 0.3) is 0 Å². The molecule has 0 aliphatic rings. The summed E-state index contributed by atoms with van der Waals surface area (Å²) in [6.07, 6.45) is 0.197. The lowest BCUT2D eigenvalue weighted by atomic mass is 10.1. The van der Waals surface area contributed by atoms with Gasteiger partial charge in [0.15, 0.2) is 5.78 Å². The summed E-state index contributed by atoms with van der Waals surface area (Å²) >= 11 is 0. The summed E-state index contributed by atoms with van der Waals surface area (Å²) < 4.78 is 17.7. The number of Topliss-reactive ketones (excluding diaryl/α,β-unsaturated/α-hetero) is 1. The largest absolute Gasteiger partial charge is 0.372 e. The molecule has 15 heavy (non-hydrogen) atoms. The fourth-order valence-corrected chi connectivity index (χ4v) is 1.19. The van der Waals surface area contributed by atoms with E-state index in [9.17, 15) is 9.18 Å². The zero-order valence-corrected chi connectivity index (χ0v) is 8.41. The Labute approximate surface area is 88.0 Å². The quantitative estimate of drug-likeness (QED) is 0.712. The van der Waals surface area contributed by atoms with Gasteiger partial charge in [-0.2, -0.15) is 0 Å². The number of halogens is 1. The first-order chi connectivity index (χ1) is 7.22. The molecule has 0 spiro atoms. The molecule has 0 saturated carbocycles. The molecular weight excluding hydrogens is 197 g/mol. The lowest BCUT2D eigenvalue weighted by Crippen LogP contribution is -2.16. The molecule has 1 aromatic carbocycles. The van der Waals surface area contributed by atoms with E-state index in [4.69, 9.17) is 10.5 Å². The van der Waals surface area contributed by atoms with E-state index in [0.717, 1.165) is 0 Å². The van der Waals surface area contributed by atoms with Crippen LogP contribution in [0.3, 0.4) is 0 Å². The van der Waals surface area contributed by atoms with E-state index in [1.54, 1.807) is 12.1 Å². The van der Waals surface area contributed by atoms with Crippen LogP contribution in [0.1, 0.15) is 5.56 Å². The molecule has 0 aliphatic heterocycles. The zero-order chi connectivity index (χ0) is 11.1. The second-order valence-electron chi connectivity index (χ2n) is 3.19. The van der Waals surface area contributed by atoms with Crippen molar-refractivity contribution in [3.63, 3.8) is 0 Å². The highest BCUT2D eigenvalue weighted by atomic mass is 19.1. The Bertz CT molecular complexity index is 328. The number of nitrogens with two attached hydrogens (primary N) is 1. The smallest absolute Gasteiger partial charge is 0.162 e. The number of rotatable bonds is 6. The number of hydrogen-bond acceptors (Lipinski definition) is 3. The second kappa shape index (κ2) is 6.27. The summed E-state index contributed by atoms with van der Waals surface area (Å²) in [6.45, 7) is 0.801. The van der Waals surface area contributed by atoms with E-state index in [2.05, 4.69) is 0 Å². The van der Waals surface area contributed by atoms with Crippen molar-refractivity contribution in [1.29, 1.82) is 0 Å². The monoisotopic (exact) mass is 211 g/mol. The fourth-order valence-electron chi connectivity index (χ4n) is 1.19. The number of ketones is 1. The summed E-state index contributed by atoms with van der Waals surface area (Å²) in [5.41, 5.74) is 5.86. The average molecular weight is 211 g/mol. The first-order valence-electron chi connectivity index (χ1n) is 4.76. The summed E-state index contributed by atoms with van der Waals surface area (Å²) in [6, 6.07) is 5.99. The van der Waals surface area contributed by atoms with Crippen LogP contribution in [0, 0.1) is 5.82 Å². The van der Waals surface area contributed by atoms with Gasteiger partial charge in [-0.15, -0.1) is 0 Å². The minimum atomic E-state index is -0.330. The third kappa shape index (κ3) is 4.67. The van der Waals surface area contributed by atoms with Crippen molar-refractivity contribution >= 4 is 5.78 Å². The number of carbonyl (C=O) groups excluding carboxylic acids is 1. The maximum absolute atomic E-state index is 12.8. The van der Waals surface area contributed by atoms with Gasteiger partial charge in [-0.3, -0.25) is 4.79 Å². The van der Waals surface area contributed by atoms with Gasteiger partial charge in [-0.05, 0) is 17.7 Å². The van der Waals surface area contributed by atoms with Crippen LogP contribution in [-0.4, -0.2) is 25.5 Å². The molecular formula is C11H14FNO2. The molecule has 2 N–H and O–H groups in total. The Hall–Kier alpha value is -1.26. The summed E-state index contributed by atoms with van der Waals surface area (Å²) in [7, 11) is 0. The number of ether oxygens (including phenoxy) is 1. The number of benzene rings is 1. The normalized spacial score (nSPS) is 10.3. The van der Waals surface area contributed by atoms with Gasteiger partial charge in [-0.1, -0.05) is 12.1 Å². The molecule has 4 heteroatoms. The molecule has 0 aromatic heterocycles. The van der Waals surface area contributed by atoms with E-state index < -0.39 is 0 Å². The van der Waals surface area contributed by atoms with Gasteiger partial charge in [0.25, 0.3) is 0 Å². The number of hydrogen-bond donors (Lipinski definition) is 1. The minimum Gasteiger partial charge on any atom is -0.372 e. The van der Waals surface area contributed by atoms with Crippen molar-refractivity contribution < 1.29 is 13.9 Å². The Kier molecular flexibility index (Phi) is 4.93. The van der Waals surface area contributed by atoms with Crippen molar-refractivity contribution in [2.45, 2.75) is 6.42 Å². The first-order valence-corrected chi connectivity index (χ1v) is 4.76. The Balaban J connectivity index is 2.37. The van der Waals surface area contributed by atoms with Gasteiger partial charge in [0, 0.05) is 13.0 Å². The highest BCUT2D eigenvalue weighted by Gasteiger charge is 2.04. The maximum Gasteiger partial charge on any atom is 0.162 e. The molecule has 1 aromatic rings. The van der Waals surface area contributed by atoms with E-state index in [1.807, 2.05) is 0 Å². The van der Waals surface area contributed by atoms with Crippen LogP contribution in [0.4, 0.5) is 4.39 Å². The molecule has 0 unspecified atom stereocenters. The first kappa shape index (κ1) is 11.8. The molecule has 82 valence electrons. The SMILES string of the molecule is NCCOCC(=O)Cc1cccc(F)c1. The van der Waals surface area contributed by atoms with Crippen molar-refractivity contribution in [2.24, 2.45) is 5.73 Å². The Morgan fingerprint density at radius 3 is 2.93 bits per heavy atom. The van der Waals surface area contributed by atoms with E-state index in [0.29, 0.717) is 18.7 Å². The highest BCUT2D eigenvalue weighted by Crippen LogP contribution is 2.04. The van der Waals surface area contributed by atoms with Gasteiger partial charge in [0.05, 0.1) is 6.61 Å². The zero-order valence-electron chi connectivity index (χ0n) is 8.41. The molecule has 0 amide bonds. The van der Waals surface area contributed by atoms with Gasteiger partial charge in [-0.25, -0.2) is 4.39 Å². The molecule has 0 radical (unpaired) electrons. The molecule has 0 aliphatic carbocycles. The molecule has 1 rings (SSSR count). The molecule has 3 nitrogen and oxygen atoms in total. The topological polar surface area (TPSA) is 52.3 Å². The lowest BCUT2D eigenvalue weighted by Gasteiger charge is -2.02. The van der Waals surface area contributed by atoms with Crippen molar-refractivity contribution in [2.75, 3.05) is 19.8 Å². The predicted molar refractivity (Wildman–Crippen MR) is 55.0 cm³/mol. The van der Waals surface area contributed by atoms with Crippen LogP contribution in [-0.2, 0) is 16.0 Å². The molecule has 0 heterocycles. The Morgan fingerprint density at radius 2 is 2.27 bits per heavy atom. The fraction of sp³-hybridized carbons (Fsp3) is 0.364. The van der Waals surface area contributed by atoms with Gasteiger partial charge in [0.1, 0.15) is 12.4 Å². The van der Waals surface area contributed by atoms with E-state index >= 15 is 0 Å². The summed E-state index contributed by atoms with van der Waals surface area (Å²) in [4.78, 5) is 11.3. The second-order valence-corrected chi connectivity index (χ2v) is 3.19. The van der Waals surface area contributed by atoms with E-state index in [-0.39, 0.29) is 24.6 Å². The van der Waals surface area contributed by atoms with E-state index in [1.165, 1.54) is 12.1 Å². The predicted octanol–water partition coefficient (Wildman–Crippen LogP) is 0.913. The maximum atomic E-state index is 12.8. The van der Waals surface area contributed by atoms with Crippen LogP contribution in [0.15, 0.2) is 24.3 Å². The van der Waals surface area contributed by atoms with Crippen molar-refractivity contribution in [3.05, 3.63) is 35.6 Å². The molecule has 0 saturated heterocycles. The molecule has 0 bridgehead atoms. The van der Waals surface area contributed by atoms with Crippen molar-refractivity contribution in [3.8, 4) is 0 Å². The third-order valence-corrected chi connectivity index (χ3v) is 1.82. The van der Waals surface area contributed by atoms with Gasteiger partial charge >= 0.3 is 0 Å². The van der Waals surface area contributed by atoms with Crippen LogP contribution < -0.4 is 5.73 Å². The molecule has 0 atom stereocenters. The van der Waals surface area contributed by atoms with Crippen molar-refractivity contribution in [1.82, 2.24) is 0 Å². The lowest BCUT2D eigenvalue weighted by molar-refractivity contribution is -0.122.